The Kier molecular flexibility index (Phi) is 2.09. The summed E-state index contributed by atoms with van der Waals surface area (Å²) < 4.78 is 0. The third-order valence-corrected chi connectivity index (χ3v) is 1.83. The second-order valence-electron chi connectivity index (χ2n) is 2.48. The van der Waals surface area contributed by atoms with Crippen molar-refractivity contribution < 1.29 is 19.8 Å². The topological polar surface area (TPSA) is 86.6 Å². The lowest BCUT2D eigenvalue weighted by molar-refractivity contribution is -0.144. The van der Waals surface area contributed by atoms with Crippen molar-refractivity contribution in [3.05, 3.63) is 0 Å². The number of carboxylic acid groups (broad SMARTS) is 1. The predicted molar refractivity (Wildman–Crippen MR) is 34.7 cm³/mol. The van der Waals surface area contributed by atoms with Crippen LogP contribution in [0.1, 0.15) is 0 Å². The van der Waals surface area contributed by atoms with Crippen LogP contribution in [0.25, 0.3) is 0 Å². The molecule has 1 aliphatic heterocycles. The van der Waals surface area contributed by atoms with Crippen molar-refractivity contribution in [2.45, 2.75) is 0 Å². The number of hydrogen-bond acceptors (Lipinski definition) is 3. The van der Waals surface area contributed by atoms with Gasteiger partial charge in [0.15, 0.2) is 0 Å². The van der Waals surface area contributed by atoms with Crippen molar-refractivity contribution in [2.24, 2.45) is 11.8 Å². The fourth-order valence-electron chi connectivity index (χ4n) is 1.14. The Morgan fingerprint density at radius 2 is 2.36 bits per heavy atom. The molecule has 5 nitrogen and oxygen atoms in total. The summed E-state index contributed by atoms with van der Waals surface area (Å²) in [6.07, 6.45) is 0. The van der Waals surface area contributed by atoms with Gasteiger partial charge in [-0.05, 0) is 0 Å². The number of carbonyl (C=O) groups is 2. The number of aliphatic hydroxyl groups is 1. The minimum absolute atomic E-state index is 0.124. The molecule has 0 aliphatic carbocycles. The maximum Gasteiger partial charge on any atom is 0.309 e. The lowest BCUT2D eigenvalue weighted by atomic mass is 9.97. The van der Waals surface area contributed by atoms with Crippen LogP contribution < -0.4 is 5.32 Å². The van der Waals surface area contributed by atoms with Gasteiger partial charge in [-0.1, -0.05) is 0 Å². The van der Waals surface area contributed by atoms with Crippen LogP contribution in [-0.4, -0.2) is 35.2 Å². The Bertz CT molecular complexity index is 191. The van der Waals surface area contributed by atoms with E-state index in [2.05, 4.69) is 5.32 Å². The molecule has 5 heteroatoms. The van der Waals surface area contributed by atoms with Crippen molar-refractivity contribution in [3.8, 4) is 0 Å². The summed E-state index contributed by atoms with van der Waals surface area (Å²) in [5, 5.41) is 19.5. The molecule has 1 saturated heterocycles. The van der Waals surface area contributed by atoms with Crippen LogP contribution in [0.5, 0.6) is 0 Å². The molecule has 0 bridgehead atoms. The molecule has 0 radical (unpaired) electrons. The molecule has 0 unspecified atom stereocenters. The van der Waals surface area contributed by atoms with Crippen LogP contribution in [0.15, 0.2) is 0 Å². The first-order valence-electron chi connectivity index (χ1n) is 3.28. The van der Waals surface area contributed by atoms with Crippen molar-refractivity contribution >= 4 is 11.9 Å². The number of rotatable bonds is 2. The van der Waals surface area contributed by atoms with Crippen molar-refractivity contribution in [1.29, 1.82) is 0 Å². The molecule has 11 heavy (non-hydrogen) atoms. The maximum absolute atomic E-state index is 10.8. The highest BCUT2D eigenvalue weighted by Gasteiger charge is 2.38. The van der Waals surface area contributed by atoms with Crippen LogP contribution in [0.3, 0.4) is 0 Å². The van der Waals surface area contributed by atoms with Crippen molar-refractivity contribution in [2.75, 3.05) is 13.2 Å². The van der Waals surface area contributed by atoms with E-state index in [1.54, 1.807) is 0 Å². The number of aliphatic carboxylic acids is 1. The molecule has 62 valence electrons. The number of carboxylic acids is 1. The molecule has 2 atom stereocenters. The van der Waals surface area contributed by atoms with Gasteiger partial charge in [0.2, 0.25) is 5.91 Å². The van der Waals surface area contributed by atoms with Crippen LogP contribution in [0, 0.1) is 11.8 Å². The molecule has 0 aromatic rings. The van der Waals surface area contributed by atoms with Crippen molar-refractivity contribution in [3.63, 3.8) is 0 Å². The van der Waals surface area contributed by atoms with Gasteiger partial charge in [-0.15, -0.1) is 0 Å². The molecule has 1 amide bonds. The van der Waals surface area contributed by atoms with Gasteiger partial charge in [-0.2, -0.15) is 0 Å². The molecule has 0 aromatic carbocycles. The zero-order chi connectivity index (χ0) is 8.43. The van der Waals surface area contributed by atoms with E-state index < -0.39 is 24.4 Å². The Morgan fingerprint density at radius 1 is 1.73 bits per heavy atom. The SMILES string of the molecule is O=C(O)[C@H]1CNC(=O)[C@@H]1CO. The summed E-state index contributed by atoms with van der Waals surface area (Å²) in [6.45, 7) is -0.276. The Hall–Kier alpha value is -1.10. The Labute approximate surface area is 63.0 Å². The van der Waals surface area contributed by atoms with Gasteiger partial charge in [0.05, 0.1) is 18.4 Å². The maximum atomic E-state index is 10.8. The second kappa shape index (κ2) is 2.87. The highest BCUT2D eigenvalue weighted by molar-refractivity contribution is 5.88. The summed E-state index contributed by atoms with van der Waals surface area (Å²) in [6, 6.07) is 0. The zero-order valence-electron chi connectivity index (χ0n) is 5.78. The monoisotopic (exact) mass is 159 g/mol. The van der Waals surface area contributed by atoms with Gasteiger partial charge in [-0.3, -0.25) is 9.59 Å². The molecular formula is C6H9NO4. The number of hydrogen-bond donors (Lipinski definition) is 3. The highest BCUT2D eigenvalue weighted by Crippen LogP contribution is 2.16. The lowest BCUT2D eigenvalue weighted by Crippen LogP contribution is -2.26. The van der Waals surface area contributed by atoms with Crippen LogP contribution in [-0.2, 0) is 9.59 Å². The van der Waals surface area contributed by atoms with Gasteiger partial charge in [-0.25, -0.2) is 0 Å². The quantitative estimate of drug-likeness (QED) is 0.454. The van der Waals surface area contributed by atoms with E-state index in [4.69, 9.17) is 10.2 Å². The van der Waals surface area contributed by atoms with Crippen LogP contribution >= 0.6 is 0 Å². The fourth-order valence-corrected chi connectivity index (χ4v) is 1.14. The number of aliphatic hydroxyl groups excluding tert-OH is 1. The Morgan fingerprint density at radius 3 is 2.73 bits per heavy atom. The molecule has 1 fully saturated rings. The van der Waals surface area contributed by atoms with Crippen LogP contribution in [0.2, 0.25) is 0 Å². The van der Waals surface area contributed by atoms with Gasteiger partial charge < -0.3 is 15.5 Å². The summed E-state index contributed by atoms with van der Waals surface area (Å²) in [4.78, 5) is 21.2. The molecule has 1 rings (SSSR count). The second-order valence-corrected chi connectivity index (χ2v) is 2.48. The Balaban J connectivity index is 2.68. The molecular weight excluding hydrogens is 150 g/mol. The van der Waals surface area contributed by atoms with E-state index in [9.17, 15) is 9.59 Å². The van der Waals surface area contributed by atoms with Gasteiger partial charge in [0.25, 0.3) is 0 Å². The first kappa shape index (κ1) is 8.00. The molecule has 3 N–H and O–H groups in total. The van der Waals surface area contributed by atoms with E-state index in [1.165, 1.54) is 0 Å². The molecule has 0 saturated carbocycles. The number of carbonyl (C=O) groups excluding carboxylic acids is 1. The van der Waals surface area contributed by atoms with E-state index >= 15 is 0 Å². The number of amides is 1. The molecule has 0 aromatic heterocycles. The zero-order valence-corrected chi connectivity index (χ0v) is 5.78. The highest BCUT2D eigenvalue weighted by atomic mass is 16.4. The minimum Gasteiger partial charge on any atom is -0.481 e. The van der Waals surface area contributed by atoms with Crippen LogP contribution in [0.4, 0.5) is 0 Å². The molecule has 0 spiro atoms. The van der Waals surface area contributed by atoms with Gasteiger partial charge in [0.1, 0.15) is 0 Å². The molecule has 1 heterocycles. The average molecular weight is 159 g/mol. The largest absolute Gasteiger partial charge is 0.481 e. The predicted octanol–water partition coefficient (Wildman–Crippen LogP) is -1.57. The first-order valence-corrected chi connectivity index (χ1v) is 3.28. The standard InChI is InChI=1S/C6H9NO4/c8-2-4-3(6(10)11)1-7-5(4)9/h3-4,8H,1-2H2,(H,7,9)(H,10,11)/t3-,4+/m0/s1. The molecule has 1 aliphatic rings. The summed E-state index contributed by atoms with van der Waals surface area (Å²) in [5.41, 5.74) is 0. The summed E-state index contributed by atoms with van der Waals surface area (Å²) >= 11 is 0. The fraction of sp³-hybridized carbons (Fsp3) is 0.667. The third-order valence-electron chi connectivity index (χ3n) is 1.83. The minimum atomic E-state index is -1.04. The summed E-state index contributed by atoms with van der Waals surface area (Å²) in [5.74, 6) is -2.96. The lowest BCUT2D eigenvalue weighted by Gasteiger charge is -2.07. The first-order chi connectivity index (χ1) is 5.16. The third kappa shape index (κ3) is 1.32. The number of nitrogens with one attached hydrogen (secondary N) is 1. The van der Waals surface area contributed by atoms with E-state index in [0.717, 1.165) is 0 Å². The van der Waals surface area contributed by atoms with E-state index in [1.807, 2.05) is 0 Å². The van der Waals surface area contributed by atoms with Gasteiger partial charge in [0, 0.05) is 6.54 Å². The van der Waals surface area contributed by atoms with Crippen molar-refractivity contribution in [1.82, 2.24) is 5.32 Å². The average Bonchev–Trinajstić information content (AvgIpc) is 2.30. The van der Waals surface area contributed by atoms with E-state index in [-0.39, 0.29) is 12.5 Å². The normalized spacial score (nSPS) is 30.1. The smallest absolute Gasteiger partial charge is 0.309 e. The van der Waals surface area contributed by atoms with Gasteiger partial charge >= 0.3 is 5.97 Å². The van der Waals surface area contributed by atoms with E-state index in [0.29, 0.717) is 0 Å². The summed E-state index contributed by atoms with van der Waals surface area (Å²) in [7, 11) is 0.